The lowest BCUT2D eigenvalue weighted by Crippen LogP contribution is -2.35. The lowest BCUT2D eigenvalue weighted by Gasteiger charge is -2.13. The molecule has 0 fully saturated rings. The first-order valence-electron chi connectivity index (χ1n) is 6.51. The predicted molar refractivity (Wildman–Crippen MR) is 80.1 cm³/mol. The van der Waals surface area contributed by atoms with Gasteiger partial charge in [0.15, 0.2) is 0 Å². The van der Waals surface area contributed by atoms with Crippen molar-refractivity contribution in [1.82, 2.24) is 20.3 Å². The molecule has 0 saturated carbocycles. The van der Waals surface area contributed by atoms with Gasteiger partial charge in [0.05, 0.1) is 6.20 Å². The average Bonchev–Trinajstić information content (AvgIpc) is 2.90. The summed E-state index contributed by atoms with van der Waals surface area (Å²) in [6.07, 6.45) is 5.08. The maximum absolute atomic E-state index is 11.8. The maximum atomic E-state index is 11.8. The Hall–Kier alpha value is -1.69. The van der Waals surface area contributed by atoms with Crippen molar-refractivity contribution in [3.05, 3.63) is 46.7 Å². The molecule has 2 aromatic rings. The highest BCUT2D eigenvalue weighted by molar-refractivity contribution is 9.10. The monoisotopic (exact) mass is 336 g/mol. The molecular formula is C14H17BrN4O. The van der Waals surface area contributed by atoms with Crippen LogP contribution in [-0.2, 0) is 17.8 Å². The van der Waals surface area contributed by atoms with E-state index in [1.54, 1.807) is 12.4 Å². The van der Waals surface area contributed by atoms with Crippen LogP contribution in [0, 0.1) is 0 Å². The van der Waals surface area contributed by atoms with E-state index in [2.05, 4.69) is 43.7 Å². The van der Waals surface area contributed by atoms with Gasteiger partial charge in [0.2, 0.25) is 5.91 Å². The van der Waals surface area contributed by atoms with Crippen molar-refractivity contribution in [2.24, 2.45) is 0 Å². The summed E-state index contributed by atoms with van der Waals surface area (Å²) >= 11 is 3.42. The molecule has 1 heterocycles. The van der Waals surface area contributed by atoms with Gasteiger partial charge in [-0.1, -0.05) is 33.3 Å². The van der Waals surface area contributed by atoms with Gasteiger partial charge in [0, 0.05) is 16.7 Å². The van der Waals surface area contributed by atoms with Crippen LogP contribution in [-0.4, -0.2) is 26.9 Å². The van der Waals surface area contributed by atoms with Gasteiger partial charge in [-0.15, -0.1) is 5.10 Å². The number of carbonyl (C=O) groups excluding carboxylic acids is 1. The summed E-state index contributed by atoms with van der Waals surface area (Å²) in [4.78, 5) is 11.8. The van der Waals surface area contributed by atoms with Crippen molar-refractivity contribution in [2.75, 3.05) is 0 Å². The highest BCUT2D eigenvalue weighted by Gasteiger charge is 2.08. The number of hydrogen-bond donors (Lipinski definition) is 1. The fourth-order valence-electron chi connectivity index (χ4n) is 1.89. The number of nitrogens with zero attached hydrogens (tertiary/aromatic N) is 3. The molecule has 106 valence electrons. The molecule has 0 radical (unpaired) electrons. The molecule has 0 spiro atoms. The second-order valence-electron chi connectivity index (χ2n) is 4.73. The van der Waals surface area contributed by atoms with E-state index in [-0.39, 0.29) is 18.5 Å². The van der Waals surface area contributed by atoms with Gasteiger partial charge in [-0.05, 0) is 37.5 Å². The Kier molecular flexibility index (Phi) is 5.29. The van der Waals surface area contributed by atoms with Crippen LogP contribution in [0.2, 0.25) is 0 Å². The molecule has 0 aliphatic heterocycles. The van der Waals surface area contributed by atoms with Gasteiger partial charge in [-0.25, -0.2) is 4.68 Å². The minimum Gasteiger partial charge on any atom is -0.352 e. The smallest absolute Gasteiger partial charge is 0.242 e. The molecule has 1 atom stereocenters. The van der Waals surface area contributed by atoms with Crippen LogP contribution in [0.15, 0.2) is 41.1 Å². The second-order valence-corrected chi connectivity index (χ2v) is 5.65. The summed E-state index contributed by atoms with van der Waals surface area (Å²) in [6, 6.07) is 8.38. The first-order chi connectivity index (χ1) is 9.63. The van der Waals surface area contributed by atoms with Crippen LogP contribution in [0.25, 0.3) is 0 Å². The number of rotatable bonds is 6. The molecule has 6 heteroatoms. The number of halogens is 1. The summed E-state index contributed by atoms with van der Waals surface area (Å²) in [5.74, 6) is -0.0428. The highest BCUT2D eigenvalue weighted by atomic mass is 79.9. The Labute approximate surface area is 126 Å². The van der Waals surface area contributed by atoms with E-state index >= 15 is 0 Å². The normalized spacial score (nSPS) is 12.1. The third-order valence-electron chi connectivity index (χ3n) is 2.96. The number of carbonyl (C=O) groups is 1. The Balaban J connectivity index is 1.73. The largest absolute Gasteiger partial charge is 0.352 e. The van der Waals surface area contributed by atoms with E-state index in [4.69, 9.17) is 0 Å². The average molecular weight is 337 g/mol. The van der Waals surface area contributed by atoms with Crippen molar-refractivity contribution in [3.63, 3.8) is 0 Å². The third kappa shape index (κ3) is 4.77. The molecule has 5 nitrogen and oxygen atoms in total. The molecule has 1 aromatic heterocycles. The zero-order chi connectivity index (χ0) is 14.4. The molecule has 2 rings (SSSR count). The van der Waals surface area contributed by atoms with E-state index in [9.17, 15) is 4.79 Å². The van der Waals surface area contributed by atoms with E-state index in [0.29, 0.717) is 0 Å². The standard InChI is InChI=1S/C14H17BrN4O/c1-11(2-3-12-4-6-13(15)7-5-12)17-14(20)10-19-9-8-16-18-19/h4-9,11H,2-3,10H2,1H3,(H,17,20)/t11-/m0/s1. The number of aromatic nitrogens is 3. The molecule has 1 aromatic carbocycles. The second kappa shape index (κ2) is 7.19. The van der Waals surface area contributed by atoms with Gasteiger partial charge in [0.1, 0.15) is 6.54 Å². The summed E-state index contributed by atoms with van der Waals surface area (Å²) in [7, 11) is 0. The fraction of sp³-hybridized carbons (Fsp3) is 0.357. The third-order valence-corrected chi connectivity index (χ3v) is 3.49. The predicted octanol–water partition coefficient (Wildman–Crippen LogP) is 2.18. The van der Waals surface area contributed by atoms with Crippen LogP contribution >= 0.6 is 15.9 Å². The van der Waals surface area contributed by atoms with Crippen LogP contribution < -0.4 is 5.32 Å². The van der Waals surface area contributed by atoms with Crippen molar-refractivity contribution in [2.45, 2.75) is 32.4 Å². The van der Waals surface area contributed by atoms with Crippen LogP contribution in [0.1, 0.15) is 18.9 Å². The number of hydrogen-bond acceptors (Lipinski definition) is 3. The number of nitrogens with one attached hydrogen (secondary N) is 1. The SMILES string of the molecule is C[C@@H](CCc1ccc(Br)cc1)NC(=O)Cn1ccnn1. The summed E-state index contributed by atoms with van der Waals surface area (Å²) in [5.41, 5.74) is 1.27. The lowest BCUT2D eigenvalue weighted by molar-refractivity contribution is -0.122. The van der Waals surface area contributed by atoms with Gasteiger partial charge in [0.25, 0.3) is 0 Å². The summed E-state index contributed by atoms with van der Waals surface area (Å²) in [6.45, 7) is 2.22. The molecule has 1 N–H and O–H groups in total. The first-order valence-corrected chi connectivity index (χ1v) is 7.30. The maximum Gasteiger partial charge on any atom is 0.242 e. The molecule has 0 unspecified atom stereocenters. The van der Waals surface area contributed by atoms with E-state index in [1.165, 1.54) is 10.2 Å². The Morgan fingerprint density at radius 2 is 2.15 bits per heavy atom. The molecule has 0 aliphatic rings. The Bertz CT molecular complexity index is 539. The highest BCUT2D eigenvalue weighted by Crippen LogP contribution is 2.12. The van der Waals surface area contributed by atoms with Gasteiger partial charge in [-0.3, -0.25) is 4.79 Å². The molecule has 0 aliphatic carbocycles. The van der Waals surface area contributed by atoms with Crippen molar-refractivity contribution in [3.8, 4) is 0 Å². The van der Waals surface area contributed by atoms with Crippen molar-refractivity contribution in [1.29, 1.82) is 0 Å². The minimum absolute atomic E-state index is 0.0428. The topological polar surface area (TPSA) is 59.8 Å². The van der Waals surface area contributed by atoms with E-state index in [0.717, 1.165) is 17.3 Å². The van der Waals surface area contributed by atoms with Crippen LogP contribution in [0.3, 0.4) is 0 Å². The van der Waals surface area contributed by atoms with Gasteiger partial charge >= 0.3 is 0 Å². The zero-order valence-corrected chi connectivity index (χ0v) is 12.9. The fourth-order valence-corrected chi connectivity index (χ4v) is 2.16. The Morgan fingerprint density at radius 1 is 1.40 bits per heavy atom. The summed E-state index contributed by atoms with van der Waals surface area (Å²) < 4.78 is 2.59. The first kappa shape index (κ1) is 14.7. The van der Waals surface area contributed by atoms with E-state index < -0.39 is 0 Å². The number of amides is 1. The minimum atomic E-state index is -0.0428. The van der Waals surface area contributed by atoms with Crippen LogP contribution in [0.5, 0.6) is 0 Å². The van der Waals surface area contributed by atoms with Gasteiger partial charge < -0.3 is 5.32 Å². The van der Waals surface area contributed by atoms with Crippen molar-refractivity contribution < 1.29 is 4.79 Å². The molecule has 1 amide bonds. The number of benzene rings is 1. The van der Waals surface area contributed by atoms with E-state index in [1.807, 2.05) is 19.1 Å². The molecule has 20 heavy (non-hydrogen) atoms. The molecular weight excluding hydrogens is 320 g/mol. The zero-order valence-electron chi connectivity index (χ0n) is 11.3. The summed E-state index contributed by atoms with van der Waals surface area (Å²) in [5, 5.41) is 10.4. The van der Waals surface area contributed by atoms with Crippen molar-refractivity contribution >= 4 is 21.8 Å². The van der Waals surface area contributed by atoms with Gasteiger partial charge in [-0.2, -0.15) is 0 Å². The Morgan fingerprint density at radius 3 is 2.80 bits per heavy atom. The quantitative estimate of drug-likeness (QED) is 0.879. The molecule has 0 saturated heterocycles. The van der Waals surface area contributed by atoms with Crippen LogP contribution in [0.4, 0.5) is 0 Å². The lowest BCUT2D eigenvalue weighted by atomic mass is 10.1. The number of aryl methyl sites for hydroxylation is 1. The molecule has 0 bridgehead atoms.